The number of nitrogens with zero attached hydrogens (tertiary/aromatic N) is 2. The summed E-state index contributed by atoms with van der Waals surface area (Å²) in [7, 11) is 0. The summed E-state index contributed by atoms with van der Waals surface area (Å²) in [6.07, 6.45) is 2.74. The predicted octanol–water partition coefficient (Wildman–Crippen LogP) is 8.68. The van der Waals surface area contributed by atoms with Crippen LogP contribution in [0.15, 0.2) is 59.7 Å². The van der Waals surface area contributed by atoms with Gasteiger partial charge in [-0.3, -0.25) is 19.2 Å². The van der Waals surface area contributed by atoms with Crippen molar-refractivity contribution in [1.82, 2.24) is 9.97 Å². The molecule has 0 unspecified atom stereocenters. The first kappa shape index (κ1) is 30.4. The zero-order valence-electron chi connectivity index (χ0n) is 25.5. The lowest BCUT2D eigenvalue weighted by atomic mass is 10.0. The molecule has 0 bridgehead atoms. The number of benzene rings is 4. The summed E-state index contributed by atoms with van der Waals surface area (Å²) in [5, 5.41) is 1.73. The minimum absolute atomic E-state index is 0.0754. The number of ketones is 4. The Labute approximate surface area is 286 Å². The molecule has 0 atom stereocenters. The minimum atomic E-state index is -1.07. The Morgan fingerprint density at radius 3 is 1.32 bits per heavy atom. The molecule has 0 spiro atoms. The molecule has 0 N–H and O–H groups in total. The van der Waals surface area contributed by atoms with Gasteiger partial charge in [-0.2, -0.15) is 0 Å². The fourth-order valence-corrected chi connectivity index (χ4v) is 8.70. The smallest absolute Gasteiger partial charge is 0.235 e. The van der Waals surface area contributed by atoms with Crippen LogP contribution >= 0.6 is 22.7 Å². The third-order valence-electron chi connectivity index (χ3n) is 8.91. The molecule has 0 amide bonds. The lowest BCUT2D eigenvalue weighted by Crippen LogP contribution is -2.29. The van der Waals surface area contributed by atoms with E-state index in [1.54, 1.807) is 13.8 Å². The van der Waals surface area contributed by atoms with Gasteiger partial charge in [-0.05, 0) is 96.1 Å². The number of rotatable bonds is 2. The van der Waals surface area contributed by atoms with Crippen molar-refractivity contribution in [2.75, 3.05) is 0 Å². The van der Waals surface area contributed by atoms with E-state index in [1.807, 2.05) is 0 Å². The van der Waals surface area contributed by atoms with Crippen molar-refractivity contribution in [1.29, 1.82) is 0 Å². The fourth-order valence-electron chi connectivity index (χ4n) is 6.48. The molecule has 0 saturated heterocycles. The quantitative estimate of drug-likeness (QED) is 0.101. The first-order valence-electron chi connectivity index (χ1n) is 15.0. The van der Waals surface area contributed by atoms with Gasteiger partial charge < -0.3 is 4.74 Å². The Balaban J connectivity index is 1.08. The molecule has 0 saturated carbocycles. The maximum absolute atomic E-state index is 13.9. The number of allylic oxidation sites excluding steroid dienone is 2. The molecule has 2 aliphatic carbocycles. The molecule has 3 aliphatic rings. The zero-order valence-corrected chi connectivity index (χ0v) is 27.2. The van der Waals surface area contributed by atoms with Crippen LogP contribution < -0.4 is 4.74 Å². The van der Waals surface area contributed by atoms with Crippen LogP contribution in [0.1, 0.15) is 71.0 Å². The average molecular weight is 709 g/mol. The van der Waals surface area contributed by atoms with Gasteiger partial charge in [0.2, 0.25) is 5.88 Å². The highest BCUT2D eigenvalue weighted by Crippen LogP contribution is 2.51. The summed E-state index contributed by atoms with van der Waals surface area (Å²) in [5.74, 6) is -6.33. The minimum Gasteiger partial charge on any atom is -0.464 e. The molecular formula is C37H16F4N2O5S2. The number of halogens is 4. The van der Waals surface area contributed by atoms with Gasteiger partial charge in [0.15, 0.2) is 46.4 Å². The molecule has 0 radical (unpaired) electrons. The Kier molecular flexibility index (Phi) is 6.19. The van der Waals surface area contributed by atoms with E-state index in [-0.39, 0.29) is 65.8 Å². The second-order valence-corrected chi connectivity index (χ2v) is 14.5. The van der Waals surface area contributed by atoms with Crippen LogP contribution in [0.3, 0.4) is 0 Å². The number of hydrogen-bond acceptors (Lipinski definition) is 9. The second-order valence-electron chi connectivity index (χ2n) is 12.5. The Hall–Kier alpha value is -5.66. The molecule has 244 valence electrons. The number of fused-ring (bicyclic) bond motifs is 7. The number of ether oxygens (including phenoxy) is 1. The third-order valence-corrected chi connectivity index (χ3v) is 11.1. The monoisotopic (exact) mass is 708 g/mol. The van der Waals surface area contributed by atoms with E-state index >= 15 is 0 Å². The van der Waals surface area contributed by atoms with Crippen LogP contribution in [0.2, 0.25) is 0 Å². The highest BCUT2D eigenvalue weighted by molar-refractivity contribution is 7.23. The number of carbonyl (C=O) groups is 4. The number of thiazole rings is 2. The summed E-state index contributed by atoms with van der Waals surface area (Å²) >= 11 is 2.33. The van der Waals surface area contributed by atoms with Crippen molar-refractivity contribution in [2.45, 2.75) is 19.4 Å². The van der Waals surface area contributed by atoms with Gasteiger partial charge in [-0.25, -0.2) is 27.5 Å². The largest absolute Gasteiger partial charge is 0.464 e. The molecule has 0 fully saturated rings. The molecule has 9 rings (SSSR count). The van der Waals surface area contributed by atoms with E-state index in [1.165, 1.54) is 47.8 Å². The molecule has 7 nitrogen and oxygen atoms in total. The number of hydrogen-bond donors (Lipinski definition) is 0. The Bertz CT molecular complexity index is 2610. The standard InChI is InChI=1S/C37H16F4N2O5S2/c1-37(2)35-33(49-27(42-35)11-21-29(44)17-3-13-7-23(38)24(39)8-14(13)4-18(17)30(21)45)34-36(48-37)43-28(50-34)12-22-31(46)19-5-15-9-25(40)26(41)10-16(15)6-20(19)32(22)47/h3-12H,1-2H3. The van der Waals surface area contributed by atoms with Crippen LogP contribution in [0.5, 0.6) is 5.88 Å². The van der Waals surface area contributed by atoms with Gasteiger partial charge in [0, 0.05) is 22.3 Å². The van der Waals surface area contributed by atoms with Gasteiger partial charge >= 0.3 is 0 Å². The summed E-state index contributed by atoms with van der Waals surface area (Å²) in [5.41, 5.74) is -0.469. The van der Waals surface area contributed by atoms with Gasteiger partial charge in [0.05, 0.1) is 16.0 Å². The third kappa shape index (κ3) is 4.33. The maximum atomic E-state index is 13.9. The molecule has 13 heteroatoms. The van der Waals surface area contributed by atoms with E-state index in [9.17, 15) is 36.7 Å². The van der Waals surface area contributed by atoms with Crippen LogP contribution in [0, 0.1) is 23.3 Å². The molecule has 4 aromatic carbocycles. The van der Waals surface area contributed by atoms with E-state index in [0.29, 0.717) is 20.5 Å². The highest BCUT2D eigenvalue weighted by atomic mass is 32.1. The molecule has 50 heavy (non-hydrogen) atoms. The first-order valence-corrected chi connectivity index (χ1v) is 16.6. The summed E-state index contributed by atoms with van der Waals surface area (Å²) in [6.45, 7) is 3.54. The lowest BCUT2D eigenvalue weighted by Gasteiger charge is -2.28. The van der Waals surface area contributed by atoms with Crippen molar-refractivity contribution in [3.63, 3.8) is 0 Å². The Morgan fingerprint density at radius 2 is 0.920 bits per heavy atom. The van der Waals surface area contributed by atoms with Gasteiger partial charge in [0.1, 0.15) is 26.2 Å². The second kappa shape index (κ2) is 10.2. The van der Waals surface area contributed by atoms with Crippen LogP contribution in [-0.4, -0.2) is 33.1 Å². The van der Waals surface area contributed by atoms with E-state index < -0.39 is 52.0 Å². The van der Waals surface area contributed by atoms with E-state index in [4.69, 9.17) is 9.72 Å². The van der Waals surface area contributed by atoms with Crippen LogP contribution in [0.4, 0.5) is 17.6 Å². The molecular weight excluding hydrogens is 693 g/mol. The van der Waals surface area contributed by atoms with Crippen molar-refractivity contribution in [3.8, 4) is 15.6 Å². The predicted molar refractivity (Wildman–Crippen MR) is 178 cm³/mol. The molecule has 2 aromatic heterocycles. The lowest BCUT2D eigenvalue weighted by molar-refractivity contribution is 0.0958. The number of carbonyl (C=O) groups excluding carboxylic acids is 4. The van der Waals surface area contributed by atoms with E-state index in [0.717, 1.165) is 35.6 Å². The van der Waals surface area contributed by atoms with Crippen molar-refractivity contribution >= 4 is 79.5 Å². The topological polar surface area (TPSA) is 103 Å². The Morgan fingerprint density at radius 1 is 0.560 bits per heavy atom. The fraction of sp³-hybridized carbons (Fsp3) is 0.0811. The van der Waals surface area contributed by atoms with Gasteiger partial charge in [0.25, 0.3) is 0 Å². The van der Waals surface area contributed by atoms with Crippen molar-refractivity contribution < 1.29 is 41.5 Å². The van der Waals surface area contributed by atoms with Gasteiger partial charge in [-0.15, -0.1) is 22.7 Å². The molecule has 1 aliphatic heterocycles. The van der Waals surface area contributed by atoms with Crippen molar-refractivity contribution in [3.05, 3.63) is 121 Å². The molecule has 6 aromatic rings. The van der Waals surface area contributed by atoms with Crippen molar-refractivity contribution in [2.24, 2.45) is 0 Å². The van der Waals surface area contributed by atoms with Gasteiger partial charge in [-0.1, -0.05) is 0 Å². The number of Topliss-reactive ketones (excluding diaryl/α,β-unsaturated/α-hetero) is 4. The summed E-state index contributed by atoms with van der Waals surface area (Å²) in [6, 6.07) is 9.37. The van der Waals surface area contributed by atoms with E-state index in [2.05, 4.69) is 4.98 Å². The van der Waals surface area contributed by atoms with Crippen LogP contribution in [0.25, 0.3) is 43.5 Å². The normalized spacial score (nSPS) is 15.8. The maximum Gasteiger partial charge on any atom is 0.235 e. The summed E-state index contributed by atoms with van der Waals surface area (Å²) < 4.78 is 61.6. The first-order chi connectivity index (χ1) is 23.8. The zero-order chi connectivity index (χ0) is 35.0. The molecule has 3 heterocycles. The average Bonchev–Trinajstić information content (AvgIpc) is 3.78. The highest BCUT2D eigenvalue weighted by Gasteiger charge is 2.40. The van der Waals surface area contributed by atoms with Crippen LogP contribution in [-0.2, 0) is 5.60 Å². The summed E-state index contributed by atoms with van der Waals surface area (Å²) in [4.78, 5) is 63.9. The SMILES string of the molecule is CC1(C)Oc2nc(C=C3C(=O)c4cc5cc(F)c(F)cc5cc4C3=O)sc2-c2sc(C=C3C(=O)c4cc5cc(F)c(F)cc5cc4C3=O)nc21. The number of aromatic nitrogens is 2.